The van der Waals surface area contributed by atoms with Gasteiger partial charge in [-0.05, 0) is 89.9 Å². The van der Waals surface area contributed by atoms with Gasteiger partial charge in [0.05, 0.1) is 0 Å². The van der Waals surface area contributed by atoms with Gasteiger partial charge in [0.1, 0.15) is 23.3 Å². The fourth-order valence-electron chi connectivity index (χ4n) is 5.33. The van der Waals surface area contributed by atoms with Gasteiger partial charge in [-0.2, -0.15) is 0 Å². The Morgan fingerprint density at radius 3 is 2.11 bits per heavy atom. The van der Waals surface area contributed by atoms with E-state index in [2.05, 4.69) is 16.0 Å². The van der Waals surface area contributed by atoms with Gasteiger partial charge < -0.3 is 20.7 Å². The number of ether oxygens (including phenoxy) is 1. The highest BCUT2D eigenvalue weighted by Gasteiger charge is 2.23. The average Bonchev–Trinajstić information content (AvgIpc) is 3.19. The van der Waals surface area contributed by atoms with Crippen LogP contribution in [0.15, 0.2) is 168 Å². The molecule has 3 amide bonds. The van der Waals surface area contributed by atoms with Gasteiger partial charge in [0.2, 0.25) is 5.91 Å². The van der Waals surface area contributed by atoms with Gasteiger partial charge in [0.25, 0.3) is 11.8 Å². The summed E-state index contributed by atoms with van der Waals surface area (Å²) < 4.78 is 5.92. The third kappa shape index (κ3) is 10.3. The van der Waals surface area contributed by atoms with Crippen LogP contribution in [0.3, 0.4) is 0 Å². The van der Waals surface area contributed by atoms with Crippen LogP contribution in [0.5, 0.6) is 5.75 Å². The summed E-state index contributed by atoms with van der Waals surface area (Å²) in [6, 6.07) is 47.9. The van der Waals surface area contributed by atoms with Crippen LogP contribution in [0, 0.1) is 6.92 Å². The van der Waals surface area contributed by atoms with Crippen LogP contribution in [-0.4, -0.2) is 17.7 Å². The number of nitrogens with one attached hydrogen (secondary N) is 3. The Labute approximate surface area is 318 Å². The maximum atomic E-state index is 13.8. The second kappa shape index (κ2) is 17.9. The van der Waals surface area contributed by atoms with Crippen molar-refractivity contribution in [3.05, 3.63) is 196 Å². The van der Waals surface area contributed by atoms with Crippen molar-refractivity contribution in [2.75, 3.05) is 10.6 Å². The van der Waals surface area contributed by atoms with Gasteiger partial charge in [-0.1, -0.05) is 115 Å². The largest absolute Gasteiger partial charge is 0.489 e. The van der Waals surface area contributed by atoms with Crippen molar-refractivity contribution < 1.29 is 19.1 Å². The highest BCUT2D eigenvalue weighted by atomic mass is 35.5. The van der Waals surface area contributed by atoms with Crippen LogP contribution in [0.1, 0.15) is 37.9 Å². The number of amides is 3. The Balaban J connectivity index is 1.21. The number of hydrogen-bond acceptors (Lipinski definition) is 5. The molecular weight excluding hydrogens is 702 g/mol. The molecular formula is C44H36ClN3O4S. The summed E-state index contributed by atoms with van der Waals surface area (Å²) in [6.45, 7) is 2.28. The summed E-state index contributed by atoms with van der Waals surface area (Å²) >= 11 is 7.67. The minimum absolute atomic E-state index is 0.0493. The fraction of sp³-hybridized carbons (Fsp3) is 0.0682. The van der Waals surface area contributed by atoms with Crippen LogP contribution in [0.25, 0.3) is 6.08 Å². The molecule has 0 aliphatic rings. The van der Waals surface area contributed by atoms with E-state index in [4.69, 9.17) is 16.3 Å². The molecule has 0 radical (unpaired) electrons. The summed E-state index contributed by atoms with van der Waals surface area (Å²) in [7, 11) is 0. The van der Waals surface area contributed by atoms with E-state index in [0.717, 1.165) is 21.6 Å². The van der Waals surface area contributed by atoms with Crippen molar-refractivity contribution in [1.82, 2.24) is 5.32 Å². The van der Waals surface area contributed by atoms with Crippen molar-refractivity contribution >= 4 is 58.5 Å². The van der Waals surface area contributed by atoms with Crippen LogP contribution < -0.4 is 20.7 Å². The molecule has 6 aromatic carbocycles. The molecule has 0 aliphatic heterocycles. The Morgan fingerprint density at radius 2 is 1.40 bits per heavy atom. The normalized spacial score (nSPS) is 11.6. The van der Waals surface area contributed by atoms with E-state index in [-0.39, 0.29) is 11.6 Å². The van der Waals surface area contributed by atoms with E-state index < -0.39 is 17.1 Å². The standard InChI is InChI=1S/C44H36ClN3O4S/c1-30-38(45)21-12-22-39(30)47-44(51)41(33-15-7-3-8-16-33)53-37-20-11-19-35(28-37)46-43(50)40(48-42(49)34-17-9-4-10-18-34)27-31-23-25-36(26-24-31)52-29-32-13-5-2-6-14-32/h2-28,41H,29H2,1H3,(H,46,50)(H,47,51)(H,48,49)/b40-27+. The summed E-state index contributed by atoms with van der Waals surface area (Å²) in [6.07, 6.45) is 1.61. The van der Waals surface area contributed by atoms with Crippen LogP contribution in [0.2, 0.25) is 5.02 Å². The molecule has 0 saturated heterocycles. The molecule has 0 aromatic heterocycles. The lowest BCUT2D eigenvalue weighted by molar-refractivity contribution is -0.116. The minimum atomic E-state index is -0.610. The molecule has 1 unspecified atom stereocenters. The van der Waals surface area contributed by atoms with Crippen LogP contribution in [0.4, 0.5) is 11.4 Å². The van der Waals surface area contributed by atoms with E-state index in [1.54, 1.807) is 60.7 Å². The monoisotopic (exact) mass is 737 g/mol. The van der Waals surface area contributed by atoms with E-state index >= 15 is 0 Å². The summed E-state index contributed by atoms with van der Waals surface area (Å²) in [5, 5.41) is 8.71. The Hall–Kier alpha value is -6.09. The number of thioether (sulfide) groups is 1. The quantitative estimate of drug-likeness (QED) is 0.0810. The van der Waals surface area contributed by atoms with E-state index in [1.165, 1.54) is 11.8 Å². The molecule has 0 saturated carbocycles. The van der Waals surface area contributed by atoms with Crippen LogP contribution in [-0.2, 0) is 16.2 Å². The average molecular weight is 738 g/mol. The predicted molar refractivity (Wildman–Crippen MR) is 214 cm³/mol. The van der Waals surface area contributed by atoms with Gasteiger partial charge in [-0.3, -0.25) is 14.4 Å². The molecule has 0 aliphatic carbocycles. The summed E-state index contributed by atoms with van der Waals surface area (Å²) in [5.41, 5.74) is 4.91. The molecule has 0 bridgehead atoms. The van der Waals surface area contributed by atoms with Gasteiger partial charge in [-0.15, -0.1) is 11.8 Å². The molecule has 9 heteroatoms. The maximum Gasteiger partial charge on any atom is 0.272 e. The molecule has 6 aromatic rings. The molecule has 264 valence electrons. The highest BCUT2D eigenvalue weighted by molar-refractivity contribution is 8.00. The van der Waals surface area contributed by atoms with Gasteiger partial charge in [0, 0.05) is 26.9 Å². The molecule has 0 fully saturated rings. The molecule has 53 heavy (non-hydrogen) atoms. The van der Waals surface area contributed by atoms with Crippen molar-refractivity contribution in [2.24, 2.45) is 0 Å². The number of hydrogen-bond donors (Lipinski definition) is 3. The predicted octanol–water partition coefficient (Wildman–Crippen LogP) is 10.1. The van der Waals surface area contributed by atoms with Gasteiger partial charge in [0.15, 0.2) is 0 Å². The van der Waals surface area contributed by atoms with Gasteiger partial charge >= 0.3 is 0 Å². The molecule has 3 N–H and O–H groups in total. The highest BCUT2D eigenvalue weighted by Crippen LogP contribution is 2.38. The Kier molecular flexibility index (Phi) is 12.4. The Morgan fingerprint density at radius 1 is 0.736 bits per heavy atom. The Bertz CT molecular complexity index is 2210. The zero-order chi connectivity index (χ0) is 37.0. The first-order chi connectivity index (χ1) is 25.8. The fourth-order valence-corrected chi connectivity index (χ4v) is 6.59. The first-order valence-electron chi connectivity index (χ1n) is 16.9. The van der Waals surface area contributed by atoms with Crippen molar-refractivity contribution in [1.29, 1.82) is 0 Å². The first kappa shape index (κ1) is 36.7. The van der Waals surface area contributed by atoms with E-state index in [1.807, 2.05) is 110 Å². The SMILES string of the molecule is Cc1c(Cl)cccc1NC(=O)C(Sc1cccc(NC(=O)/C(=C\c2ccc(OCc3ccccc3)cc2)NC(=O)c2ccccc2)c1)c1ccccc1. The second-order valence-electron chi connectivity index (χ2n) is 12.0. The molecule has 1 atom stereocenters. The van der Waals surface area contributed by atoms with E-state index in [0.29, 0.717) is 39.9 Å². The zero-order valence-electron chi connectivity index (χ0n) is 28.8. The maximum absolute atomic E-state index is 13.8. The lowest BCUT2D eigenvalue weighted by Crippen LogP contribution is -2.30. The summed E-state index contributed by atoms with van der Waals surface area (Å²) in [4.78, 5) is 41.6. The third-order valence-corrected chi connectivity index (χ3v) is 9.84. The first-order valence-corrected chi connectivity index (χ1v) is 18.1. The van der Waals surface area contributed by atoms with Gasteiger partial charge in [-0.25, -0.2) is 0 Å². The van der Waals surface area contributed by atoms with Crippen molar-refractivity contribution in [3.63, 3.8) is 0 Å². The van der Waals surface area contributed by atoms with E-state index in [9.17, 15) is 14.4 Å². The number of benzene rings is 6. The van der Waals surface area contributed by atoms with Crippen molar-refractivity contribution in [3.8, 4) is 5.75 Å². The van der Waals surface area contributed by atoms with Crippen LogP contribution >= 0.6 is 23.4 Å². The number of halogens is 1. The summed E-state index contributed by atoms with van der Waals surface area (Å²) in [5.74, 6) is -0.489. The zero-order valence-corrected chi connectivity index (χ0v) is 30.4. The number of rotatable bonds is 13. The molecule has 6 rings (SSSR count). The lowest BCUT2D eigenvalue weighted by Gasteiger charge is -2.19. The minimum Gasteiger partial charge on any atom is -0.489 e. The third-order valence-electron chi connectivity index (χ3n) is 8.18. The molecule has 0 heterocycles. The smallest absolute Gasteiger partial charge is 0.272 e. The van der Waals surface area contributed by atoms with Crippen molar-refractivity contribution in [2.45, 2.75) is 23.7 Å². The second-order valence-corrected chi connectivity index (χ2v) is 13.6. The number of carbonyl (C=O) groups excluding carboxylic acids is 3. The topological polar surface area (TPSA) is 96.5 Å². The molecule has 0 spiro atoms. The lowest BCUT2D eigenvalue weighted by atomic mass is 10.1. The number of carbonyl (C=O) groups is 3. The number of anilines is 2. The molecule has 7 nitrogen and oxygen atoms in total.